The third-order valence-electron chi connectivity index (χ3n) is 5.14. The normalized spacial score (nSPS) is 11.3. The SMILES string of the molecule is CC(C)(O)c1cccc(OCc2c(Cl)cc(Cl)c(=O)n2CCc2ccc(C(=O)ON)cc2)c1. The molecule has 9 heteroatoms. The van der Waals surface area contributed by atoms with E-state index in [1.54, 1.807) is 62.4 Å². The number of hydrogen-bond donors (Lipinski definition) is 2. The Kier molecular flexibility index (Phi) is 7.81. The van der Waals surface area contributed by atoms with Crippen LogP contribution >= 0.6 is 23.2 Å². The average Bonchev–Trinajstić information content (AvgIpc) is 2.79. The largest absolute Gasteiger partial charge is 0.487 e. The fourth-order valence-electron chi connectivity index (χ4n) is 3.25. The maximum Gasteiger partial charge on any atom is 0.356 e. The number of nitrogens with zero attached hydrogens (tertiary/aromatic N) is 1. The summed E-state index contributed by atoms with van der Waals surface area (Å²) in [5.41, 5.74) is 0.983. The number of benzene rings is 2. The van der Waals surface area contributed by atoms with E-state index in [4.69, 9.17) is 33.8 Å². The number of carbonyl (C=O) groups is 1. The van der Waals surface area contributed by atoms with Crippen LogP contribution in [0.2, 0.25) is 10.0 Å². The third kappa shape index (κ3) is 6.15. The van der Waals surface area contributed by atoms with Crippen LogP contribution in [0.5, 0.6) is 5.75 Å². The Morgan fingerprint density at radius 2 is 1.79 bits per heavy atom. The third-order valence-corrected chi connectivity index (χ3v) is 5.74. The standard InChI is InChI=1S/C24H24Cl2N2O5/c1-24(2,31)17-4-3-5-18(12-17)32-14-21-19(25)13-20(26)22(29)28(21)11-10-15-6-8-16(9-7-15)23(30)33-27/h3-9,12-13,31H,10-11,14,27H2,1-2H3. The van der Waals surface area contributed by atoms with Crippen molar-refractivity contribution in [3.05, 3.63) is 97.4 Å². The van der Waals surface area contributed by atoms with Gasteiger partial charge in [0.1, 0.15) is 17.4 Å². The van der Waals surface area contributed by atoms with Crippen molar-refractivity contribution in [1.29, 1.82) is 0 Å². The highest BCUT2D eigenvalue weighted by molar-refractivity contribution is 6.34. The van der Waals surface area contributed by atoms with Gasteiger partial charge in [-0.2, -0.15) is 5.90 Å². The number of ether oxygens (including phenoxy) is 1. The Morgan fingerprint density at radius 1 is 1.09 bits per heavy atom. The summed E-state index contributed by atoms with van der Waals surface area (Å²) in [6.07, 6.45) is 0.482. The van der Waals surface area contributed by atoms with E-state index in [-0.39, 0.29) is 17.2 Å². The van der Waals surface area contributed by atoms with Crippen LogP contribution in [0.25, 0.3) is 0 Å². The summed E-state index contributed by atoms with van der Waals surface area (Å²) >= 11 is 12.5. The van der Waals surface area contributed by atoms with Crippen LogP contribution in [0.1, 0.15) is 41.0 Å². The molecular weight excluding hydrogens is 467 g/mol. The van der Waals surface area contributed by atoms with E-state index in [0.717, 1.165) is 5.56 Å². The molecule has 0 atom stereocenters. The molecule has 2 aromatic carbocycles. The number of halogens is 2. The molecule has 33 heavy (non-hydrogen) atoms. The highest BCUT2D eigenvalue weighted by Gasteiger charge is 2.17. The Balaban J connectivity index is 1.81. The van der Waals surface area contributed by atoms with Crippen molar-refractivity contribution in [2.24, 2.45) is 5.90 Å². The molecule has 0 radical (unpaired) electrons. The smallest absolute Gasteiger partial charge is 0.356 e. The fourth-order valence-corrected chi connectivity index (χ4v) is 3.79. The molecule has 0 saturated carbocycles. The van der Waals surface area contributed by atoms with Crippen LogP contribution in [0.4, 0.5) is 0 Å². The summed E-state index contributed by atoms with van der Waals surface area (Å²) in [4.78, 5) is 28.4. The number of pyridine rings is 1. The van der Waals surface area contributed by atoms with Crippen molar-refractivity contribution in [3.8, 4) is 5.75 Å². The second-order valence-corrected chi connectivity index (χ2v) is 8.79. The van der Waals surface area contributed by atoms with Crippen LogP contribution in [0.3, 0.4) is 0 Å². The molecule has 0 aliphatic rings. The molecule has 0 fully saturated rings. The quantitative estimate of drug-likeness (QED) is 0.457. The van der Waals surface area contributed by atoms with E-state index in [0.29, 0.717) is 40.6 Å². The van der Waals surface area contributed by atoms with Crippen LogP contribution in [-0.2, 0) is 30.0 Å². The lowest BCUT2D eigenvalue weighted by molar-refractivity contribution is 0.0503. The van der Waals surface area contributed by atoms with Gasteiger partial charge in [-0.05, 0) is 61.7 Å². The number of aryl methyl sites for hydroxylation is 1. The van der Waals surface area contributed by atoms with Crippen molar-refractivity contribution in [2.45, 2.75) is 39.0 Å². The van der Waals surface area contributed by atoms with Crippen LogP contribution < -0.4 is 16.2 Å². The first-order valence-corrected chi connectivity index (χ1v) is 10.9. The lowest BCUT2D eigenvalue weighted by Gasteiger charge is -2.19. The molecule has 1 aromatic heterocycles. The molecule has 0 saturated heterocycles. The summed E-state index contributed by atoms with van der Waals surface area (Å²) in [5, 5.41) is 10.5. The van der Waals surface area contributed by atoms with E-state index in [2.05, 4.69) is 4.84 Å². The predicted octanol–water partition coefficient (Wildman–Crippen LogP) is 4.23. The number of rotatable bonds is 8. The zero-order valence-corrected chi connectivity index (χ0v) is 19.7. The van der Waals surface area contributed by atoms with Gasteiger partial charge in [0.2, 0.25) is 0 Å². The highest BCUT2D eigenvalue weighted by atomic mass is 35.5. The van der Waals surface area contributed by atoms with E-state index in [1.807, 2.05) is 0 Å². The van der Waals surface area contributed by atoms with E-state index in [1.165, 1.54) is 10.6 Å². The van der Waals surface area contributed by atoms with Gasteiger partial charge in [0, 0.05) is 6.54 Å². The van der Waals surface area contributed by atoms with Gasteiger partial charge < -0.3 is 19.2 Å². The van der Waals surface area contributed by atoms with Gasteiger partial charge in [0.25, 0.3) is 5.56 Å². The molecule has 7 nitrogen and oxygen atoms in total. The Hall–Kier alpha value is -2.84. The lowest BCUT2D eigenvalue weighted by atomic mass is 9.98. The first kappa shape index (κ1) is 24.8. The van der Waals surface area contributed by atoms with Crippen LogP contribution in [0, 0.1) is 0 Å². The van der Waals surface area contributed by atoms with E-state index >= 15 is 0 Å². The topological polar surface area (TPSA) is 104 Å². The number of nitrogens with two attached hydrogens (primary N) is 1. The van der Waals surface area contributed by atoms with Gasteiger partial charge in [-0.25, -0.2) is 4.79 Å². The maximum absolute atomic E-state index is 12.8. The van der Waals surface area contributed by atoms with Gasteiger partial charge in [-0.15, -0.1) is 0 Å². The van der Waals surface area contributed by atoms with Gasteiger partial charge in [-0.3, -0.25) is 4.79 Å². The first-order valence-electron chi connectivity index (χ1n) is 10.1. The molecular formula is C24H24Cl2N2O5. The van der Waals surface area contributed by atoms with Crippen molar-refractivity contribution < 1.29 is 19.5 Å². The predicted molar refractivity (Wildman–Crippen MR) is 126 cm³/mol. The highest BCUT2D eigenvalue weighted by Crippen LogP contribution is 2.25. The molecule has 0 spiro atoms. The van der Waals surface area contributed by atoms with E-state index < -0.39 is 11.6 Å². The Bertz CT molecular complexity index is 1200. The summed E-state index contributed by atoms with van der Waals surface area (Å²) in [7, 11) is 0. The minimum atomic E-state index is -1.02. The zero-order valence-electron chi connectivity index (χ0n) is 18.2. The lowest BCUT2D eigenvalue weighted by Crippen LogP contribution is -2.26. The van der Waals surface area contributed by atoms with Gasteiger partial charge in [-0.1, -0.05) is 47.5 Å². The summed E-state index contributed by atoms with van der Waals surface area (Å²) in [5.74, 6) is 4.80. The Labute approximate surface area is 201 Å². The second-order valence-electron chi connectivity index (χ2n) is 7.97. The Morgan fingerprint density at radius 3 is 2.42 bits per heavy atom. The zero-order chi connectivity index (χ0) is 24.2. The minimum absolute atomic E-state index is 0.00816. The molecule has 3 aromatic rings. The molecule has 0 aliphatic heterocycles. The molecule has 174 valence electrons. The van der Waals surface area contributed by atoms with Crippen LogP contribution in [0.15, 0.2) is 59.4 Å². The average molecular weight is 491 g/mol. The summed E-state index contributed by atoms with van der Waals surface area (Å²) in [6.45, 7) is 3.70. The molecule has 3 rings (SSSR count). The van der Waals surface area contributed by atoms with Crippen molar-refractivity contribution in [2.75, 3.05) is 0 Å². The molecule has 3 N–H and O–H groups in total. The van der Waals surface area contributed by atoms with Crippen LogP contribution in [-0.4, -0.2) is 15.6 Å². The second kappa shape index (κ2) is 10.4. The molecule has 1 heterocycles. The number of aromatic nitrogens is 1. The monoisotopic (exact) mass is 490 g/mol. The molecule has 0 aliphatic carbocycles. The number of carbonyl (C=O) groups excluding carboxylic acids is 1. The first-order chi connectivity index (χ1) is 15.6. The number of aliphatic hydroxyl groups is 1. The van der Waals surface area contributed by atoms with Gasteiger partial charge in [0.15, 0.2) is 0 Å². The fraction of sp³-hybridized carbons (Fsp3) is 0.250. The maximum atomic E-state index is 12.8. The van der Waals surface area contributed by atoms with Crippen molar-refractivity contribution >= 4 is 29.2 Å². The summed E-state index contributed by atoms with van der Waals surface area (Å²) in [6, 6.07) is 15.2. The van der Waals surface area contributed by atoms with E-state index in [9.17, 15) is 14.7 Å². The number of hydrogen-bond acceptors (Lipinski definition) is 6. The molecule has 0 unspecified atom stereocenters. The molecule has 0 bridgehead atoms. The van der Waals surface area contributed by atoms with Crippen molar-refractivity contribution in [1.82, 2.24) is 4.57 Å². The molecule has 0 amide bonds. The van der Waals surface area contributed by atoms with Crippen molar-refractivity contribution in [3.63, 3.8) is 0 Å². The van der Waals surface area contributed by atoms with Gasteiger partial charge in [0.05, 0.1) is 21.9 Å². The summed E-state index contributed by atoms with van der Waals surface area (Å²) < 4.78 is 7.37. The van der Waals surface area contributed by atoms with Gasteiger partial charge >= 0.3 is 5.97 Å². The minimum Gasteiger partial charge on any atom is -0.487 e.